The normalized spacial score (nSPS) is 10.5. The summed E-state index contributed by atoms with van der Waals surface area (Å²) >= 11 is 1.42. The van der Waals surface area contributed by atoms with Crippen LogP contribution in [-0.4, -0.2) is 24.2 Å². The maximum atomic E-state index is 12.3. The van der Waals surface area contributed by atoms with Gasteiger partial charge in [-0.1, -0.05) is 66.2 Å². The minimum atomic E-state index is -0.410. The van der Waals surface area contributed by atoms with Crippen molar-refractivity contribution >= 4 is 29.3 Å². The number of esters is 1. The zero-order chi connectivity index (χ0) is 21.3. The van der Waals surface area contributed by atoms with Crippen molar-refractivity contribution in [1.29, 1.82) is 0 Å². The molecule has 0 heterocycles. The molecule has 5 heteroatoms. The van der Waals surface area contributed by atoms with Crippen LogP contribution < -0.4 is 5.32 Å². The molecule has 154 valence electrons. The second-order valence-corrected chi connectivity index (χ2v) is 8.10. The van der Waals surface area contributed by atoms with Crippen molar-refractivity contribution in [3.8, 4) is 0 Å². The van der Waals surface area contributed by atoms with Gasteiger partial charge in [0.25, 0.3) is 5.91 Å². The second-order valence-electron chi connectivity index (χ2n) is 7.09. The number of ether oxygens (including phenoxy) is 1. The molecule has 3 rings (SSSR count). The molecule has 4 nitrogen and oxygen atoms in total. The fourth-order valence-corrected chi connectivity index (χ4v) is 3.89. The second kappa shape index (κ2) is 10.6. The van der Waals surface area contributed by atoms with Gasteiger partial charge in [-0.2, -0.15) is 0 Å². The number of carbonyl (C=O) groups is 2. The minimum absolute atomic E-state index is 0.168. The van der Waals surface area contributed by atoms with Gasteiger partial charge in [0.1, 0.15) is 0 Å². The van der Waals surface area contributed by atoms with E-state index in [1.807, 2.05) is 80.6 Å². The Bertz CT molecular complexity index is 1020. The Kier molecular flexibility index (Phi) is 7.69. The summed E-state index contributed by atoms with van der Waals surface area (Å²) in [4.78, 5) is 25.4. The number of para-hydroxylation sites is 1. The Morgan fingerprint density at radius 1 is 0.933 bits per heavy atom. The molecular formula is C25H25NO3S. The lowest BCUT2D eigenvalue weighted by Crippen LogP contribution is -2.22. The number of anilines is 1. The van der Waals surface area contributed by atoms with Crippen molar-refractivity contribution in [1.82, 2.24) is 0 Å². The SMILES string of the molecule is Cc1ccc(SCC(=O)OCC(=O)Nc2ccccc2Cc2ccccc2)c(C)c1. The molecule has 0 aliphatic carbocycles. The van der Waals surface area contributed by atoms with Crippen molar-refractivity contribution in [2.24, 2.45) is 0 Å². The molecule has 1 amide bonds. The van der Waals surface area contributed by atoms with Crippen LogP contribution in [0.4, 0.5) is 5.69 Å². The third kappa shape index (κ3) is 6.49. The monoisotopic (exact) mass is 419 g/mol. The third-order valence-electron chi connectivity index (χ3n) is 4.57. The molecule has 0 aliphatic heterocycles. The van der Waals surface area contributed by atoms with Gasteiger partial charge in [0, 0.05) is 10.6 Å². The molecule has 0 fully saturated rings. The van der Waals surface area contributed by atoms with E-state index in [1.165, 1.54) is 17.3 Å². The highest BCUT2D eigenvalue weighted by atomic mass is 32.2. The fourth-order valence-electron chi connectivity index (χ4n) is 3.08. The third-order valence-corrected chi connectivity index (χ3v) is 5.72. The lowest BCUT2D eigenvalue weighted by molar-refractivity contribution is -0.144. The van der Waals surface area contributed by atoms with Gasteiger partial charge in [-0.05, 0) is 49.1 Å². The molecule has 0 atom stereocenters. The average Bonchev–Trinajstić information content (AvgIpc) is 2.74. The predicted octanol–water partition coefficient (Wildman–Crippen LogP) is 5.17. The van der Waals surface area contributed by atoms with E-state index >= 15 is 0 Å². The molecule has 3 aromatic rings. The van der Waals surface area contributed by atoms with Gasteiger partial charge < -0.3 is 10.1 Å². The number of nitrogens with one attached hydrogen (secondary N) is 1. The molecule has 3 aromatic carbocycles. The quantitative estimate of drug-likeness (QED) is 0.404. The molecular weight excluding hydrogens is 394 g/mol. The Balaban J connectivity index is 1.49. The van der Waals surface area contributed by atoms with Crippen molar-refractivity contribution in [3.63, 3.8) is 0 Å². The van der Waals surface area contributed by atoms with E-state index in [1.54, 1.807) is 0 Å². The number of hydrogen-bond acceptors (Lipinski definition) is 4. The van der Waals surface area contributed by atoms with Gasteiger partial charge in [0.15, 0.2) is 6.61 Å². The van der Waals surface area contributed by atoms with Crippen LogP contribution in [0.5, 0.6) is 0 Å². The first-order valence-corrected chi connectivity index (χ1v) is 10.8. The van der Waals surface area contributed by atoms with Crippen LogP contribution in [0.2, 0.25) is 0 Å². The summed E-state index contributed by atoms with van der Waals surface area (Å²) in [6, 6.07) is 23.8. The molecule has 0 bridgehead atoms. The van der Waals surface area contributed by atoms with Gasteiger partial charge in [-0.25, -0.2) is 0 Å². The lowest BCUT2D eigenvalue weighted by atomic mass is 10.0. The van der Waals surface area contributed by atoms with E-state index in [-0.39, 0.29) is 18.3 Å². The van der Waals surface area contributed by atoms with E-state index < -0.39 is 5.97 Å². The van der Waals surface area contributed by atoms with E-state index in [2.05, 4.69) is 11.4 Å². The smallest absolute Gasteiger partial charge is 0.316 e. The predicted molar refractivity (Wildman–Crippen MR) is 122 cm³/mol. The first-order chi connectivity index (χ1) is 14.5. The topological polar surface area (TPSA) is 55.4 Å². The van der Waals surface area contributed by atoms with Crippen LogP contribution in [0, 0.1) is 13.8 Å². The van der Waals surface area contributed by atoms with Crippen LogP contribution in [0.25, 0.3) is 0 Å². The number of carbonyl (C=O) groups excluding carboxylic acids is 2. The summed E-state index contributed by atoms with van der Waals surface area (Å²) in [6.45, 7) is 3.75. The Hall–Kier alpha value is -3.05. The van der Waals surface area contributed by atoms with Crippen LogP contribution in [0.15, 0.2) is 77.7 Å². The summed E-state index contributed by atoms with van der Waals surface area (Å²) in [7, 11) is 0. The minimum Gasteiger partial charge on any atom is -0.455 e. The first kappa shape index (κ1) is 21.7. The van der Waals surface area contributed by atoms with Crippen LogP contribution in [0.3, 0.4) is 0 Å². The van der Waals surface area contributed by atoms with Crippen molar-refractivity contribution in [3.05, 3.63) is 95.1 Å². The van der Waals surface area contributed by atoms with Gasteiger partial charge >= 0.3 is 5.97 Å². The van der Waals surface area contributed by atoms with Crippen molar-refractivity contribution in [2.45, 2.75) is 25.2 Å². The largest absolute Gasteiger partial charge is 0.455 e. The van der Waals surface area contributed by atoms with Crippen molar-refractivity contribution < 1.29 is 14.3 Å². The van der Waals surface area contributed by atoms with Crippen LogP contribution >= 0.6 is 11.8 Å². The van der Waals surface area contributed by atoms with E-state index in [4.69, 9.17) is 4.74 Å². The molecule has 30 heavy (non-hydrogen) atoms. The van der Waals surface area contributed by atoms with Gasteiger partial charge in [0.05, 0.1) is 5.75 Å². The van der Waals surface area contributed by atoms with E-state index in [0.29, 0.717) is 6.42 Å². The summed E-state index contributed by atoms with van der Waals surface area (Å²) in [5.41, 5.74) is 5.21. The van der Waals surface area contributed by atoms with Crippen LogP contribution in [-0.2, 0) is 20.7 Å². The number of rotatable bonds is 8. The van der Waals surface area contributed by atoms with Crippen LogP contribution in [0.1, 0.15) is 22.3 Å². The highest BCUT2D eigenvalue weighted by Crippen LogP contribution is 2.23. The summed E-state index contributed by atoms with van der Waals surface area (Å²) in [5.74, 6) is -0.588. The standard InChI is InChI=1S/C25H25NO3S/c1-18-12-13-23(19(2)14-18)30-17-25(28)29-16-24(27)26-22-11-7-6-10-21(22)15-20-8-4-3-5-9-20/h3-14H,15-17H2,1-2H3,(H,26,27). The maximum Gasteiger partial charge on any atom is 0.316 e. The number of thioether (sulfide) groups is 1. The molecule has 0 saturated heterocycles. The van der Waals surface area contributed by atoms with E-state index in [0.717, 1.165) is 27.3 Å². The molecule has 0 aliphatic rings. The zero-order valence-electron chi connectivity index (χ0n) is 17.2. The summed E-state index contributed by atoms with van der Waals surface area (Å²) in [5, 5.41) is 2.85. The number of benzene rings is 3. The van der Waals surface area contributed by atoms with Crippen molar-refractivity contribution in [2.75, 3.05) is 17.7 Å². The lowest BCUT2D eigenvalue weighted by Gasteiger charge is -2.12. The first-order valence-electron chi connectivity index (χ1n) is 9.78. The maximum absolute atomic E-state index is 12.3. The van der Waals surface area contributed by atoms with E-state index in [9.17, 15) is 9.59 Å². The number of aryl methyl sites for hydroxylation is 2. The average molecular weight is 420 g/mol. The molecule has 1 N–H and O–H groups in total. The van der Waals surface area contributed by atoms with Gasteiger partial charge in [0.2, 0.25) is 0 Å². The fraction of sp³-hybridized carbons (Fsp3) is 0.200. The number of amides is 1. The summed E-state index contributed by atoms with van der Waals surface area (Å²) in [6.07, 6.45) is 0.712. The van der Waals surface area contributed by atoms with Gasteiger partial charge in [-0.3, -0.25) is 9.59 Å². The Labute approximate surface area is 181 Å². The Morgan fingerprint density at radius 2 is 1.67 bits per heavy atom. The zero-order valence-corrected chi connectivity index (χ0v) is 18.0. The molecule has 0 aromatic heterocycles. The number of hydrogen-bond donors (Lipinski definition) is 1. The highest BCUT2D eigenvalue weighted by molar-refractivity contribution is 8.00. The summed E-state index contributed by atoms with van der Waals surface area (Å²) < 4.78 is 5.15. The highest BCUT2D eigenvalue weighted by Gasteiger charge is 2.11. The molecule has 0 unspecified atom stereocenters. The molecule has 0 spiro atoms. The molecule has 0 saturated carbocycles. The molecule has 0 radical (unpaired) electrons. The Morgan fingerprint density at radius 3 is 2.43 bits per heavy atom. The van der Waals surface area contributed by atoms with Gasteiger partial charge in [-0.15, -0.1) is 11.8 Å².